The molecular formula is C20H15N5O4S2. The molecule has 0 atom stereocenters. The Labute approximate surface area is 184 Å². The van der Waals surface area contributed by atoms with Gasteiger partial charge in [-0.05, 0) is 31.2 Å². The number of non-ortho nitro benzene ring substituents is 1. The zero-order valence-corrected chi connectivity index (χ0v) is 17.8. The van der Waals surface area contributed by atoms with Crippen LogP contribution in [0.2, 0.25) is 0 Å². The lowest BCUT2D eigenvalue weighted by atomic mass is 10.1. The van der Waals surface area contributed by atoms with Crippen molar-refractivity contribution in [2.75, 3.05) is 11.1 Å². The van der Waals surface area contributed by atoms with Crippen LogP contribution in [0.4, 0.5) is 10.8 Å². The number of nitrogens with one attached hydrogen (secondary N) is 1. The van der Waals surface area contributed by atoms with Gasteiger partial charge in [0.05, 0.1) is 16.4 Å². The number of aryl methyl sites for hydroxylation is 1. The molecule has 31 heavy (non-hydrogen) atoms. The summed E-state index contributed by atoms with van der Waals surface area (Å²) in [4.78, 5) is 26.9. The van der Waals surface area contributed by atoms with Crippen LogP contribution in [0.1, 0.15) is 5.56 Å². The molecule has 0 saturated carbocycles. The van der Waals surface area contributed by atoms with Crippen molar-refractivity contribution in [2.45, 2.75) is 12.1 Å². The van der Waals surface area contributed by atoms with E-state index < -0.39 is 4.92 Å². The Morgan fingerprint density at radius 2 is 2.00 bits per heavy atom. The summed E-state index contributed by atoms with van der Waals surface area (Å²) < 4.78 is 5.61. The van der Waals surface area contributed by atoms with Crippen LogP contribution in [0.15, 0.2) is 63.6 Å². The van der Waals surface area contributed by atoms with Crippen molar-refractivity contribution < 1.29 is 14.1 Å². The lowest BCUT2D eigenvalue weighted by molar-refractivity contribution is -0.384. The summed E-state index contributed by atoms with van der Waals surface area (Å²) in [6, 6.07) is 13.8. The molecule has 2 aromatic carbocycles. The summed E-state index contributed by atoms with van der Waals surface area (Å²) >= 11 is 2.41. The highest BCUT2D eigenvalue weighted by atomic mass is 32.2. The van der Waals surface area contributed by atoms with Crippen LogP contribution in [-0.4, -0.2) is 31.8 Å². The number of benzene rings is 2. The third-order valence-electron chi connectivity index (χ3n) is 4.12. The quantitative estimate of drug-likeness (QED) is 0.240. The average Bonchev–Trinajstić information content (AvgIpc) is 3.42. The van der Waals surface area contributed by atoms with E-state index in [4.69, 9.17) is 4.42 Å². The molecule has 0 saturated heterocycles. The monoisotopic (exact) mass is 453 g/mol. The fourth-order valence-electron chi connectivity index (χ4n) is 2.66. The van der Waals surface area contributed by atoms with E-state index in [9.17, 15) is 14.9 Å². The molecule has 0 aliphatic rings. The Bertz CT molecular complexity index is 1240. The van der Waals surface area contributed by atoms with Crippen molar-refractivity contribution in [3.63, 3.8) is 0 Å². The minimum Gasteiger partial charge on any atom is -0.411 e. The number of hydrogen-bond donors (Lipinski definition) is 1. The second-order valence-electron chi connectivity index (χ2n) is 6.42. The van der Waals surface area contributed by atoms with Crippen LogP contribution >= 0.6 is 23.1 Å². The topological polar surface area (TPSA) is 124 Å². The Hall–Kier alpha value is -3.57. The van der Waals surface area contributed by atoms with Crippen LogP contribution < -0.4 is 5.32 Å². The number of thiazole rings is 1. The molecular weight excluding hydrogens is 438 g/mol. The van der Waals surface area contributed by atoms with Gasteiger partial charge in [-0.25, -0.2) is 4.98 Å². The molecule has 11 heteroatoms. The van der Waals surface area contributed by atoms with Gasteiger partial charge in [0.15, 0.2) is 5.13 Å². The van der Waals surface area contributed by atoms with E-state index in [2.05, 4.69) is 20.5 Å². The third kappa shape index (κ3) is 5.13. The number of amides is 1. The van der Waals surface area contributed by atoms with Gasteiger partial charge < -0.3 is 9.73 Å². The molecule has 0 unspecified atom stereocenters. The number of nitro benzene ring substituents is 1. The van der Waals surface area contributed by atoms with Gasteiger partial charge in [-0.1, -0.05) is 29.5 Å². The highest BCUT2D eigenvalue weighted by Crippen LogP contribution is 2.27. The highest BCUT2D eigenvalue weighted by molar-refractivity contribution is 7.99. The molecule has 9 nitrogen and oxygen atoms in total. The Balaban J connectivity index is 1.33. The molecule has 0 aliphatic carbocycles. The molecule has 1 N–H and O–H groups in total. The lowest BCUT2D eigenvalue weighted by Gasteiger charge is -2.00. The lowest BCUT2D eigenvalue weighted by Crippen LogP contribution is -2.13. The number of hydrogen-bond acceptors (Lipinski definition) is 9. The predicted octanol–water partition coefficient (Wildman–Crippen LogP) is 4.81. The number of rotatable bonds is 7. The van der Waals surface area contributed by atoms with Gasteiger partial charge in [-0.3, -0.25) is 14.9 Å². The number of thioether (sulfide) groups is 1. The standard InChI is InChI=1S/C20H15N5O4S2/c1-12-3-2-4-14(9-12)18-23-24-20(29-18)31-11-17(26)22-19-21-16(10-30-19)13-5-7-15(8-6-13)25(27)28/h2-10H,11H2,1H3,(H,21,22,26). The molecule has 0 spiro atoms. The molecule has 2 heterocycles. The van der Waals surface area contributed by atoms with E-state index >= 15 is 0 Å². The second kappa shape index (κ2) is 9.06. The van der Waals surface area contributed by atoms with Gasteiger partial charge >= 0.3 is 0 Å². The van der Waals surface area contributed by atoms with Crippen LogP contribution in [0.25, 0.3) is 22.7 Å². The molecule has 1 amide bonds. The van der Waals surface area contributed by atoms with Crippen LogP contribution in [0.3, 0.4) is 0 Å². The SMILES string of the molecule is Cc1cccc(-c2nnc(SCC(=O)Nc3nc(-c4ccc([N+](=O)[O-])cc4)cs3)o2)c1. The maximum Gasteiger partial charge on any atom is 0.277 e. The maximum absolute atomic E-state index is 12.2. The van der Waals surface area contributed by atoms with E-state index in [1.165, 1.54) is 23.5 Å². The molecule has 4 rings (SSSR count). The minimum absolute atomic E-state index is 0.0103. The highest BCUT2D eigenvalue weighted by Gasteiger charge is 2.13. The summed E-state index contributed by atoms with van der Waals surface area (Å²) in [6.45, 7) is 1.98. The summed E-state index contributed by atoms with van der Waals surface area (Å²) in [5.74, 6) is 0.228. The number of nitro groups is 1. The minimum atomic E-state index is -0.457. The summed E-state index contributed by atoms with van der Waals surface area (Å²) in [7, 11) is 0. The third-order valence-corrected chi connectivity index (χ3v) is 5.70. The molecule has 0 radical (unpaired) electrons. The fourth-order valence-corrected chi connectivity index (χ4v) is 3.96. The van der Waals surface area contributed by atoms with Crippen molar-refractivity contribution >= 4 is 39.8 Å². The van der Waals surface area contributed by atoms with Gasteiger partial charge in [0, 0.05) is 28.6 Å². The number of aromatic nitrogens is 3. The fraction of sp³-hybridized carbons (Fsp3) is 0.100. The number of carbonyl (C=O) groups excluding carboxylic acids is 1. The second-order valence-corrected chi connectivity index (χ2v) is 8.21. The maximum atomic E-state index is 12.2. The Morgan fingerprint density at radius 1 is 1.19 bits per heavy atom. The predicted molar refractivity (Wildman–Crippen MR) is 118 cm³/mol. The van der Waals surface area contributed by atoms with Crippen molar-refractivity contribution in [1.29, 1.82) is 0 Å². The average molecular weight is 454 g/mol. The molecule has 0 fully saturated rings. The first-order chi connectivity index (χ1) is 15.0. The summed E-state index contributed by atoms with van der Waals surface area (Å²) in [5, 5.41) is 24.0. The molecule has 156 valence electrons. The van der Waals surface area contributed by atoms with Crippen LogP contribution in [0.5, 0.6) is 0 Å². The first kappa shape index (κ1) is 20.7. The molecule has 0 bridgehead atoms. The van der Waals surface area contributed by atoms with Gasteiger partial charge in [-0.15, -0.1) is 21.5 Å². The van der Waals surface area contributed by atoms with Crippen molar-refractivity contribution in [3.05, 3.63) is 69.6 Å². The number of carbonyl (C=O) groups is 1. The molecule has 2 aromatic heterocycles. The van der Waals surface area contributed by atoms with E-state index in [0.717, 1.165) is 28.5 Å². The van der Waals surface area contributed by atoms with Gasteiger partial charge in [0.25, 0.3) is 10.9 Å². The summed E-state index contributed by atoms with van der Waals surface area (Å²) in [5.41, 5.74) is 3.27. The normalized spacial score (nSPS) is 10.7. The van der Waals surface area contributed by atoms with E-state index in [1.54, 1.807) is 17.5 Å². The number of nitrogens with zero attached hydrogens (tertiary/aromatic N) is 4. The molecule has 0 aliphatic heterocycles. The smallest absolute Gasteiger partial charge is 0.277 e. The number of anilines is 1. The summed E-state index contributed by atoms with van der Waals surface area (Å²) in [6.07, 6.45) is 0. The molecule has 4 aromatic rings. The largest absolute Gasteiger partial charge is 0.411 e. The van der Waals surface area contributed by atoms with Gasteiger partial charge in [0.1, 0.15) is 0 Å². The van der Waals surface area contributed by atoms with Gasteiger partial charge in [0.2, 0.25) is 11.8 Å². The Kier molecular flexibility index (Phi) is 6.05. The van der Waals surface area contributed by atoms with E-state index in [1.807, 2.05) is 31.2 Å². The zero-order chi connectivity index (χ0) is 21.8. The van der Waals surface area contributed by atoms with Crippen molar-refractivity contribution in [2.24, 2.45) is 0 Å². The first-order valence-electron chi connectivity index (χ1n) is 9.01. The van der Waals surface area contributed by atoms with Crippen molar-refractivity contribution in [1.82, 2.24) is 15.2 Å². The zero-order valence-electron chi connectivity index (χ0n) is 16.1. The van der Waals surface area contributed by atoms with Crippen LogP contribution in [0, 0.1) is 17.0 Å². The van der Waals surface area contributed by atoms with E-state index in [0.29, 0.717) is 21.9 Å². The Morgan fingerprint density at radius 3 is 2.74 bits per heavy atom. The van der Waals surface area contributed by atoms with Gasteiger partial charge in [-0.2, -0.15) is 0 Å². The van der Waals surface area contributed by atoms with Crippen molar-refractivity contribution in [3.8, 4) is 22.7 Å². The van der Waals surface area contributed by atoms with Crippen LogP contribution in [-0.2, 0) is 4.79 Å². The first-order valence-corrected chi connectivity index (χ1v) is 10.9. The van der Waals surface area contributed by atoms with E-state index in [-0.39, 0.29) is 17.3 Å².